The van der Waals surface area contributed by atoms with E-state index in [0.29, 0.717) is 0 Å². The summed E-state index contributed by atoms with van der Waals surface area (Å²) in [6.07, 6.45) is 11.5. The molecule has 3 nitrogen and oxygen atoms in total. The Hall–Kier alpha value is -1.90. The molecule has 1 aromatic carbocycles. The summed E-state index contributed by atoms with van der Waals surface area (Å²) in [5, 5.41) is 0. The van der Waals surface area contributed by atoms with E-state index in [4.69, 9.17) is 4.74 Å². The summed E-state index contributed by atoms with van der Waals surface area (Å²) in [7, 11) is 0. The lowest BCUT2D eigenvalue weighted by Gasteiger charge is -2.06. The smallest absolute Gasteiger partial charge is 0.128 e. The molecule has 23 heavy (non-hydrogen) atoms. The van der Waals surface area contributed by atoms with Crippen LogP contribution in [-0.2, 0) is 19.3 Å². The van der Waals surface area contributed by atoms with Gasteiger partial charge in [0.05, 0.1) is 6.61 Å². The van der Waals surface area contributed by atoms with Gasteiger partial charge in [0.25, 0.3) is 0 Å². The van der Waals surface area contributed by atoms with Crippen LogP contribution in [0.1, 0.15) is 56.5 Å². The normalized spacial score (nSPS) is 10.7. The highest BCUT2D eigenvalue weighted by molar-refractivity contribution is 5.27. The first-order chi connectivity index (χ1) is 11.3. The number of unbranched alkanes of at least 4 members (excludes halogenated alkanes) is 2. The number of ether oxygens (including phenoxy) is 1. The molecule has 2 rings (SSSR count). The van der Waals surface area contributed by atoms with E-state index in [1.54, 1.807) is 0 Å². The van der Waals surface area contributed by atoms with Gasteiger partial charge in [-0.25, -0.2) is 9.97 Å². The molecule has 0 aliphatic rings. The molecule has 0 bridgehead atoms. The van der Waals surface area contributed by atoms with Crippen LogP contribution >= 0.6 is 0 Å². The summed E-state index contributed by atoms with van der Waals surface area (Å²) in [6, 6.07) is 8.38. The number of rotatable bonds is 10. The van der Waals surface area contributed by atoms with Crippen molar-refractivity contribution in [1.82, 2.24) is 9.97 Å². The Morgan fingerprint density at radius 3 is 2.13 bits per heavy atom. The van der Waals surface area contributed by atoms with E-state index >= 15 is 0 Å². The second kappa shape index (κ2) is 9.98. The second-order valence-corrected chi connectivity index (χ2v) is 5.96. The maximum absolute atomic E-state index is 5.68. The van der Waals surface area contributed by atoms with Crippen LogP contribution in [0.15, 0.2) is 36.7 Å². The predicted molar refractivity (Wildman–Crippen MR) is 94.9 cm³/mol. The molecule has 0 aliphatic carbocycles. The highest BCUT2D eigenvalue weighted by Gasteiger charge is 2.01. The summed E-state index contributed by atoms with van der Waals surface area (Å²) in [5.41, 5.74) is 2.54. The van der Waals surface area contributed by atoms with Gasteiger partial charge in [-0.2, -0.15) is 0 Å². The van der Waals surface area contributed by atoms with Crippen molar-refractivity contribution in [2.24, 2.45) is 0 Å². The number of benzene rings is 1. The largest absolute Gasteiger partial charge is 0.494 e. The molecule has 0 amide bonds. The van der Waals surface area contributed by atoms with Gasteiger partial charge in [-0.15, -0.1) is 0 Å². The van der Waals surface area contributed by atoms with Crippen LogP contribution in [0.4, 0.5) is 0 Å². The Balaban J connectivity index is 1.78. The maximum Gasteiger partial charge on any atom is 0.128 e. The molecule has 3 heteroatoms. The highest BCUT2D eigenvalue weighted by Crippen LogP contribution is 2.14. The summed E-state index contributed by atoms with van der Waals surface area (Å²) in [6.45, 7) is 5.17. The molecule has 1 aromatic heterocycles. The van der Waals surface area contributed by atoms with Crippen molar-refractivity contribution in [1.29, 1.82) is 0 Å². The van der Waals surface area contributed by atoms with Crippen LogP contribution in [0.2, 0.25) is 0 Å². The van der Waals surface area contributed by atoms with Crippen molar-refractivity contribution in [3.63, 3.8) is 0 Å². The zero-order valence-corrected chi connectivity index (χ0v) is 14.4. The van der Waals surface area contributed by atoms with Crippen molar-refractivity contribution < 1.29 is 4.74 Å². The maximum atomic E-state index is 5.68. The van der Waals surface area contributed by atoms with Gasteiger partial charge >= 0.3 is 0 Å². The number of aromatic nitrogens is 2. The van der Waals surface area contributed by atoms with Gasteiger partial charge in [-0.3, -0.25) is 0 Å². The Morgan fingerprint density at radius 2 is 1.48 bits per heavy atom. The van der Waals surface area contributed by atoms with Gasteiger partial charge in [0.2, 0.25) is 0 Å². The third kappa shape index (κ3) is 6.39. The fourth-order valence-electron chi connectivity index (χ4n) is 2.36. The molecular formula is C20H28N2O. The van der Waals surface area contributed by atoms with Crippen LogP contribution in [0.5, 0.6) is 5.75 Å². The lowest BCUT2D eigenvalue weighted by atomic mass is 10.1. The molecule has 0 spiro atoms. The van der Waals surface area contributed by atoms with E-state index < -0.39 is 0 Å². The molecule has 0 fully saturated rings. The van der Waals surface area contributed by atoms with Crippen molar-refractivity contribution in [3.8, 4) is 5.75 Å². The molecule has 0 unspecified atom stereocenters. The summed E-state index contributed by atoms with van der Waals surface area (Å²) in [4.78, 5) is 8.96. The van der Waals surface area contributed by atoms with Gasteiger partial charge in [0.15, 0.2) is 0 Å². The zero-order valence-electron chi connectivity index (χ0n) is 14.4. The third-order valence-electron chi connectivity index (χ3n) is 3.91. The number of hydrogen-bond donors (Lipinski definition) is 0. The predicted octanol–water partition coefficient (Wildman–Crippen LogP) is 4.78. The van der Waals surface area contributed by atoms with Crippen molar-refractivity contribution in [2.75, 3.05) is 6.61 Å². The van der Waals surface area contributed by atoms with Gasteiger partial charge in [-0.05, 0) is 48.9 Å². The summed E-state index contributed by atoms with van der Waals surface area (Å²) in [5.74, 6) is 1.88. The first-order valence-electron chi connectivity index (χ1n) is 8.83. The number of hydrogen-bond acceptors (Lipinski definition) is 3. The van der Waals surface area contributed by atoms with Gasteiger partial charge in [0.1, 0.15) is 11.6 Å². The number of aryl methyl sites for hydroxylation is 3. The lowest BCUT2D eigenvalue weighted by molar-refractivity contribution is 0.309. The Labute approximate surface area is 140 Å². The zero-order chi connectivity index (χ0) is 16.3. The molecular weight excluding hydrogens is 284 g/mol. The molecule has 0 aliphatic heterocycles. The Bertz CT molecular complexity index is 549. The quantitative estimate of drug-likeness (QED) is 0.592. The van der Waals surface area contributed by atoms with Crippen LogP contribution in [0, 0.1) is 0 Å². The SMILES string of the molecule is CCCCOc1ccc(CCc2ncc(CCCC)cn2)cc1. The minimum Gasteiger partial charge on any atom is -0.494 e. The summed E-state index contributed by atoms with van der Waals surface area (Å²) >= 11 is 0. The molecule has 0 radical (unpaired) electrons. The van der Waals surface area contributed by atoms with Gasteiger partial charge in [0, 0.05) is 18.8 Å². The third-order valence-corrected chi connectivity index (χ3v) is 3.91. The first-order valence-corrected chi connectivity index (χ1v) is 8.83. The van der Waals surface area contributed by atoms with E-state index in [9.17, 15) is 0 Å². The van der Waals surface area contributed by atoms with Crippen LogP contribution in [0.25, 0.3) is 0 Å². The lowest BCUT2D eigenvalue weighted by Crippen LogP contribution is -2.00. The van der Waals surface area contributed by atoms with Crippen LogP contribution < -0.4 is 4.74 Å². The van der Waals surface area contributed by atoms with Gasteiger partial charge < -0.3 is 4.74 Å². The monoisotopic (exact) mass is 312 g/mol. The molecule has 1 heterocycles. The summed E-state index contributed by atoms with van der Waals surface area (Å²) < 4.78 is 5.68. The van der Waals surface area contributed by atoms with Crippen molar-refractivity contribution >= 4 is 0 Å². The highest BCUT2D eigenvalue weighted by atomic mass is 16.5. The fourth-order valence-corrected chi connectivity index (χ4v) is 2.36. The second-order valence-electron chi connectivity index (χ2n) is 5.96. The Kier molecular flexibility index (Phi) is 7.58. The average Bonchev–Trinajstić information content (AvgIpc) is 2.60. The van der Waals surface area contributed by atoms with E-state index in [1.165, 1.54) is 24.0 Å². The van der Waals surface area contributed by atoms with E-state index in [0.717, 1.165) is 50.3 Å². The van der Waals surface area contributed by atoms with Crippen LogP contribution in [0.3, 0.4) is 0 Å². The molecule has 0 saturated heterocycles. The van der Waals surface area contributed by atoms with E-state index in [2.05, 4.69) is 48.1 Å². The minimum atomic E-state index is 0.800. The Morgan fingerprint density at radius 1 is 0.783 bits per heavy atom. The minimum absolute atomic E-state index is 0.800. The average molecular weight is 312 g/mol. The molecule has 0 N–H and O–H groups in total. The molecule has 0 atom stereocenters. The molecule has 124 valence electrons. The standard InChI is InChI=1S/C20H28N2O/c1-3-5-7-18-15-21-20(22-16-18)13-10-17-8-11-19(12-9-17)23-14-6-4-2/h8-9,11-12,15-16H,3-7,10,13-14H2,1-2H3. The topological polar surface area (TPSA) is 35.0 Å². The fraction of sp³-hybridized carbons (Fsp3) is 0.500. The van der Waals surface area contributed by atoms with E-state index in [1.807, 2.05) is 12.4 Å². The van der Waals surface area contributed by atoms with Crippen molar-refractivity contribution in [2.45, 2.75) is 58.8 Å². The first kappa shape index (κ1) is 17.5. The number of nitrogens with zero attached hydrogens (tertiary/aromatic N) is 2. The molecule has 2 aromatic rings. The van der Waals surface area contributed by atoms with Crippen LogP contribution in [-0.4, -0.2) is 16.6 Å². The van der Waals surface area contributed by atoms with Gasteiger partial charge in [-0.1, -0.05) is 38.8 Å². The van der Waals surface area contributed by atoms with Crippen molar-refractivity contribution in [3.05, 3.63) is 53.6 Å². The van der Waals surface area contributed by atoms with E-state index in [-0.39, 0.29) is 0 Å². The molecule has 0 saturated carbocycles.